The SMILES string of the molecule is CN=C(NCCCn1c(C)nc2ccccc21)NCC1CCN(CCc2ccccc2)C1. The molecular weight excluding hydrogens is 396 g/mol. The van der Waals surface area contributed by atoms with Crippen molar-refractivity contribution in [1.29, 1.82) is 0 Å². The van der Waals surface area contributed by atoms with E-state index in [2.05, 4.69) is 85.5 Å². The van der Waals surface area contributed by atoms with Gasteiger partial charge in [-0.1, -0.05) is 42.5 Å². The Labute approximate surface area is 191 Å². The van der Waals surface area contributed by atoms with E-state index in [1.54, 1.807) is 0 Å². The summed E-state index contributed by atoms with van der Waals surface area (Å²) in [6.45, 7) is 8.42. The number of hydrogen-bond acceptors (Lipinski definition) is 3. The number of rotatable bonds is 9. The van der Waals surface area contributed by atoms with Crippen LogP contribution in [-0.4, -0.2) is 60.2 Å². The Kier molecular flexibility index (Phi) is 7.77. The van der Waals surface area contributed by atoms with Crippen LogP contribution in [-0.2, 0) is 13.0 Å². The van der Waals surface area contributed by atoms with Gasteiger partial charge in [-0.05, 0) is 56.3 Å². The molecule has 0 spiro atoms. The average molecular weight is 433 g/mol. The van der Waals surface area contributed by atoms with Crippen molar-refractivity contribution in [3.63, 3.8) is 0 Å². The van der Waals surface area contributed by atoms with Gasteiger partial charge in [0.1, 0.15) is 5.82 Å². The lowest BCUT2D eigenvalue weighted by Crippen LogP contribution is -2.40. The van der Waals surface area contributed by atoms with Crippen LogP contribution in [0.3, 0.4) is 0 Å². The molecule has 0 amide bonds. The van der Waals surface area contributed by atoms with Crippen molar-refractivity contribution in [1.82, 2.24) is 25.1 Å². The molecule has 1 aliphatic heterocycles. The highest BCUT2D eigenvalue weighted by Crippen LogP contribution is 2.17. The molecule has 1 aliphatic rings. The third-order valence-corrected chi connectivity index (χ3v) is 6.41. The lowest BCUT2D eigenvalue weighted by atomic mass is 10.1. The van der Waals surface area contributed by atoms with Crippen molar-refractivity contribution in [2.75, 3.05) is 39.8 Å². The highest BCUT2D eigenvalue weighted by atomic mass is 15.2. The van der Waals surface area contributed by atoms with Gasteiger partial charge in [0.25, 0.3) is 0 Å². The van der Waals surface area contributed by atoms with E-state index in [-0.39, 0.29) is 0 Å². The van der Waals surface area contributed by atoms with Gasteiger partial charge in [-0.25, -0.2) is 4.98 Å². The fraction of sp³-hybridized carbons (Fsp3) is 0.462. The zero-order chi connectivity index (χ0) is 22.2. The lowest BCUT2D eigenvalue weighted by Gasteiger charge is -2.18. The Morgan fingerprint density at radius 2 is 1.88 bits per heavy atom. The van der Waals surface area contributed by atoms with Crippen molar-refractivity contribution in [2.24, 2.45) is 10.9 Å². The number of para-hydroxylation sites is 2. The first-order valence-corrected chi connectivity index (χ1v) is 11.9. The zero-order valence-electron chi connectivity index (χ0n) is 19.4. The first-order chi connectivity index (χ1) is 15.7. The van der Waals surface area contributed by atoms with Gasteiger partial charge in [0.15, 0.2) is 5.96 Å². The molecular formula is C26H36N6. The lowest BCUT2D eigenvalue weighted by molar-refractivity contribution is 0.328. The maximum absolute atomic E-state index is 4.66. The topological polar surface area (TPSA) is 57.5 Å². The first kappa shape index (κ1) is 22.3. The molecule has 1 fully saturated rings. The van der Waals surface area contributed by atoms with E-state index in [1.165, 1.54) is 30.6 Å². The molecule has 0 radical (unpaired) electrons. The number of nitrogens with zero attached hydrogens (tertiary/aromatic N) is 4. The second kappa shape index (κ2) is 11.1. The van der Waals surface area contributed by atoms with Gasteiger partial charge in [0.05, 0.1) is 11.0 Å². The van der Waals surface area contributed by atoms with Crippen LogP contribution in [0.15, 0.2) is 59.6 Å². The molecule has 2 aromatic carbocycles. The number of guanidine groups is 1. The predicted molar refractivity (Wildman–Crippen MR) is 133 cm³/mol. The first-order valence-electron chi connectivity index (χ1n) is 11.9. The number of imidazole rings is 1. The molecule has 6 nitrogen and oxygen atoms in total. The highest BCUT2D eigenvalue weighted by Gasteiger charge is 2.22. The minimum absolute atomic E-state index is 0.685. The number of hydrogen-bond donors (Lipinski definition) is 2. The van der Waals surface area contributed by atoms with E-state index in [9.17, 15) is 0 Å². The third-order valence-electron chi connectivity index (χ3n) is 6.41. The van der Waals surface area contributed by atoms with Crippen molar-refractivity contribution >= 4 is 17.0 Å². The smallest absolute Gasteiger partial charge is 0.190 e. The molecule has 2 heterocycles. The molecule has 0 aliphatic carbocycles. The van der Waals surface area contributed by atoms with Crippen LogP contribution in [0.2, 0.25) is 0 Å². The normalized spacial score (nSPS) is 17.2. The minimum Gasteiger partial charge on any atom is -0.356 e. The Morgan fingerprint density at radius 1 is 1.06 bits per heavy atom. The van der Waals surface area contributed by atoms with Gasteiger partial charge in [0.2, 0.25) is 0 Å². The van der Waals surface area contributed by atoms with Crippen LogP contribution in [0, 0.1) is 12.8 Å². The summed E-state index contributed by atoms with van der Waals surface area (Å²) in [5, 5.41) is 7.01. The summed E-state index contributed by atoms with van der Waals surface area (Å²) in [5.74, 6) is 2.66. The van der Waals surface area contributed by atoms with Gasteiger partial charge in [-0.15, -0.1) is 0 Å². The molecule has 6 heteroatoms. The molecule has 32 heavy (non-hydrogen) atoms. The number of nitrogens with one attached hydrogen (secondary N) is 2. The second-order valence-electron chi connectivity index (χ2n) is 8.72. The van der Waals surface area contributed by atoms with Gasteiger partial charge in [-0.2, -0.15) is 0 Å². The average Bonchev–Trinajstić information content (AvgIpc) is 3.41. The standard InChI is InChI=1S/C26H36N6/c1-21-30-24-11-6-7-12-25(24)32(21)16-8-15-28-26(27-2)29-19-23-14-18-31(20-23)17-13-22-9-4-3-5-10-22/h3-7,9-12,23H,8,13-20H2,1-2H3,(H2,27,28,29). The van der Waals surface area contributed by atoms with Crippen molar-refractivity contribution in [2.45, 2.75) is 32.7 Å². The summed E-state index contributed by atoms with van der Waals surface area (Å²) in [5.41, 5.74) is 3.72. The summed E-state index contributed by atoms with van der Waals surface area (Å²) in [6, 6.07) is 19.1. The van der Waals surface area contributed by atoms with Crippen LogP contribution in [0.5, 0.6) is 0 Å². The summed E-state index contributed by atoms with van der Waals surface area (Å²) in [6.07, 6.45) is 3.42. The number of fused-ring (bicyclic) bond motifs is 1. The molecule has 2 N–H and O–H groups in total. The molecule has 1 atom stereocenters. The zero-order valence-corrected chi connectivity index (χ0v) is 19.4. The van der Waals surface area contributed by atoms with Gasteiger partial charge in [0, 0.05) is 39.8 Å². The third kappa shape index (κ3) is 5.88. The van der Waals surface area contributed by atoms with Crippen molar-refractivity contribution in [3.8, 4) is 0 Å². The number of aromatic nitrogens is 2. The maximum atomic E-state index is 4.66. The molecule has 1 saturated heterocycles. The number of aryl methyl sites for hydroxylation is 2. The van der Waals surface area contributed by atoms with Crippen molar-refractivity contribution in [3.05, 3.63) is 66.0 Å². The Bertz CT molecular complexity index is 1010. The van der Waals surface area contributed by atoms with E-state index >= 15 is 0 Å². The van der Waals surface area contributed by atoms with Crippen LogP contribution in [0.4, 0.5) is 0 Å². The van der Waals surface area contributed by atoms with E-state index < -0.39 is 0 Å². The quantitative estimate of drug-likeness (QED) is 0.309. The summed E-state index contributed by atoms with van der Waals surface area (Å²) in [4.78, 5) is 11.7. The molecule has 3 aromatic rings. The summed E-state index contributed by atoms with van der Waals surface area (Å²) in [7, 11) is 1.85. The Hall–Kier alpha value is -2.86. The van der Waals surface area contributed by atoms with Crippen LogP contribution in [0.25, 0.3) is 11.0 Å². The van der Waals surface area contributed by atoms with Gasteiger partial charge >= 0.3 is 0 Å². The molecule has 1 unspecified atom stereocenters. The van der Waals surface area contributed by atoms with Crippen molar-refractivity contribution < 1.29 is 0 Å². The van der Waals surface area contributed by atoms with E-state index in [0.29, 0.717) is 5.92 Å². The molecule has 0 saturated carbocycles. The predicted octanol–water partition coefficient (Wildman–Crippen LogP) is 3.46. The summed E-state index contributed by atoms with van der Waals surface area (Å²) >= 11 is 0. The second-order valence-corrected chi connectivity index (χ2v) is 8.72. The fourth-order valence-electron chi connectivity index (χ4n) is 4.60. The molecule has 0 bridgehead atoms. The van der Waals surface area contributed by atoms with Crippen LogP contribution >= 0.6 is 0 Å². The maximum Gasteiger partial charge on any atom is 0.190 e. The highest BCUT2D eigenvalue weighted by molar-refractivity contribution is 5.79. The largest absolute Gasteiger partial charge is 0.356 e. The minimum atomic E-state index is 0.685. The van der Waals surface area contributed by atoms with Gasteiger partial charge < -0.3 is 20.1 Å². The fourth-order valence-corrected chi connectivity index (χ4v) is 4.60. The Morgan fingerprint density at radius 3 is 2.72 bits per heavy atom. The Balaban J connectivity index is 1.14. The number of aliphatic imine (C=N–C) groups is 1. The van der Waals surface area contributed by atoms with E-state index in [4.69, 9.17) is 0 Å². The van der Waals surface area contributed by atoms with Crippen LogP contribution < -0.4 is 10.6 Å². The van der Waals surface area contributed by atoms with E-state index in [1.807, 2.05) is 13.1 Å². The number of benzene rings is 2. The van der Waals surface area contributed by atoms with Gasteiger partial charge in [-0.3, -0.25) is 4.99 Å². The van der Waals surface area contributed by atoms with E-state index in [0.717, 1.165) is 56.3 Å². The summed E-state index contributed by atoms with van der Waals surface area (Å²) < 4.78 is 2.30. The molecule has 4 rings (SSSR count). The molecule has 1 aromatic heterocycles. The number of likely N-dealkylation sites (tertiary alicyclic amines) is 1. The van der Waals surface area contributed by atoms with Crippen LogP contribution in [0.1, 0.15) is 24.2 Å². The molecule has 170 valence electrons. The monoisotopic (exact) mass is 432 g/mol.